The molecule has 10 heteroatoms. The van der Waals surface area contributed by atoms with Gasteiger partial charge in [-0.3, -0.25) is 0 Å². The van der Waals surface area contributed by atoms with Crippen molar-refractivity contribution in [2.75, 3.05) is 12.4 Å². The molecule has 0 spiro atoms. The Kier molecular flexibility index (Phi) is 7.09. The van der Waals surface area contributed by atoms with Crippen molar-refractivity contribution in [3.63, 3.8) is 0 Å². The molecule has 1 fully saturated rings. The van der Waals surface area contributed by atoms with Crippen LogP contribution in [0.1, 0.15) is 71.7 Å². The van der Waals surface area contributed by atoms with Gasteiger partial charge in [-0.25, -0.2) is 18.6 Å². The van der Waals surface area contributed by atoms with Crippen molar-refractivity contribution in [2.45, 2.75) is 103 Å². The average molecular weight is 517 g/mol. The number of alkyl halides is 1. The van der Waals surface area contributed by atoms with E-state index < -0.39 is 14.5 Å². The summed E-state index contributed by atoms with van der Waals surface area (Å²) in [7, 11) is -0.412. The van der Waals surface area contributed by atoms with Gasteiger partial charge in [-0.15, -0.1) is 0 Å². The Morgan fingerprint density at radius 2 is 1.83 bits per heavy atom. The van der Waals surface area contributed by atoms with Crippen LogP contribution in [-0.2, 0) is 21.3 Å². The number of hydrogen-bond acceptors (Lipinski definition) is 6. The van der Waals surface area contributed by atoms with Gasteiger partial charge in [0.15, 0.2) is 14.1 Å². The first-order valence-electron chi connectivity index (χ1n) is 12.7. The zero-order valence-corrected chi connectivity index (χ0v) is 24.1. The summed E-state index contributed by atoms with van der Waals surface area (Å²) in [5.74, 6) is 1.50. The molecule has 1 aliphatic carbocycles. The molecule has 0 saturated heterocycles. The molecule has 1 N–H and O–H groups in total. The largest absolute Gasteiger partial charge is 0.411 e. The summed E-state index contributed by atoms with van der Waals surface area (Å²) >= 11 is 0. The molecule has 1 aliphatic rings. The fourth-order valence-corrected chi connectivity index (χ4v) is 5.83. The number of nitrogens with zero attached hydrogens (tertiary/aromatic N) is 5. The van der Waals surface area contributed by atoms with Crippen molar-refractivity contribution in [3.05, 3.63) is 35.9 Å². The summed E-state index contributed by atoms with van der Waals surface area (Å²) in [5.41, 5.74) is 2.28. The van der Waals surface area contributed by atoms with Gasteiger partial charge in [0, 0.05) is 31.5 Å². The third-order valence-electron chi connectivity index (χ3n) is 7.44. The van der Waals surface area contributed by atoms with E-state index in [1.54, 1.807) is 17.8 Å². The van der Waals surface area contributed by atoms with Gasteiger partial charge >= 0.3 is 0 Å². The van der Waals surface area contributed by atoms with E-state index in [4.69, 9.17) is 14.3 Å². The molecule has 36 heavy (non-hydrogen) atoms. The Balaban J connectivity index is 1.61. The summed E-state index contributed by atoms with van der Waals surface area (Å²) in [4.78, 5) is 4.56. The number of anilines is 2. The highest BCUT2D eigenvalue weighted by atomic mass is 28.4. The second-order valence-electron chi connectivity index (χ2n) is 12.4. The molecule has 0 amide bonds. The van der Waals surface area contributed by atoms with Gasteiger partial charge in [-0.1, -0.05) is 20.8 Å². The quantitative estimate of drug-likeness (QED) is 0.378. The van der Waals surface area contributed by atoms with E-state index in [2.05, 4.69) is 70.0 Å². The highest BCUT2D eigenvalue weighted by molar-refractivity contribution is 6.74. The van der Waals surface area contributed by atoms with Gasteiger partial charge in [0.1, 0.15) is 17.5 Å². The van der Waals surface area contributed by atoms with Crippen LogP contribution in [0.2, 0.25) is 18.1 Å². The van der Waals surface area contributed by atoms with Gasteiger partial charge < -0.3 is 14.5 Å². The minimum atomic E-state index is -2.06. The van der Waals surface area contributed by atoms with Crippen molar-refractivity contribution in [3.8, 4) is 0 Å². The van der Waals surface area contributed by atoms with Crippen LogP contribution in [0.4, 0.5) is 16.0 Å². The molecule has 0 aromatic carbocycles. The zero-order chi connectivity index (χ0) is 26.5. The zero-order valence-electron chi connectivity index (χ0n) is 23.1. The van der Waals surface area contributed by atoms with Crippen LogP contribution < -0.4 is 5.32 Å². The number of rotatable bonds is 7. The highest BCUT2D eigenvalue weighted by Crippen LogP contribution is 2.44. The molecule has 3 heterocycles. The maximum absolute atomic E-state index is 15.2. The SMILES string of the molecule is COCc1cc2c(Nc3cc([C@@H]4C[C@H](F)[C@H](O[Si](C)(C)C(C)(C)C)C4)nn3C(C)(C)C)nccn2n1. The molecule has 0 radical (unpaired) electrons. The van der Waals surface area contributed by atoms with Crippen LogP contribution in [-0.4, -0.2) is 52.1 Å². The molecular formula is C26H41FN6O2Si. The van der Waals surface area contributed by atoms with Crippen molar-refractivity contribution < 1.29 is 13.6 Å². The second-order valence-corrected chi connectivity index (χ2v) is 17.2. The Labute approximate surface area is 214 Å². The molecule has 0 unspecified atom stereocenters. The molecule has 4 rings (SSSR count). The molecular weight excluding hydrogens is 475 g/mol. The number of nitrogens with one attached hydrogen (secondary N) is 1. The van der Waals surface area contributed by atoms with Crippen molar-refractivity contribution in [2.24, 2.45) is 0 Å². The molecule has 0 bridgehead atoms. The fourth-order valence-electron chi connectivity index (χ4n) is 4.47. The molecule has 3 atom stereocenters. The number of fused-ring (bicyclic) bond motifs is 1. The summed E-state index contributed by atoms with van der Waals surface area (Å²) < 4.78 is 30.7. The molecule has 8 nitrogen and oxygen atoms in total. The summed E-state index contributed by atoms with van der Waals surface area (Å²) in [5, 5.41) is 13.0. The van der Waals surface area contributed by atoms with E-state index in [0.29, 0.717) is 25.3 Å². The van der Waals surface area contributed by atoms with Gasteiger partial charge in [0.25, 0.3) is 0 Å². The minimum Gasteiger partial charge on any atom is -0.411 e. The molecule has 1 saturated carbocycles. The standard InChI is InChI=1S/C26H41FN6O2Si/c1-25(2,3)33-23(29-24-21-14-18(16-34-7)30-32(21)11-10-28-24)15-20(31-33)17-12-19(27)22(13-17)35-36(8,9)26(4,5)6/h10-11,14-15,17,19,22H,12-13,16H2,1-9H3,(H,28,29)/t17-,19+,22-/m1/s1. The molecule has 0 aliphatic heterocycles. The lowest BCUT2D eigenvalue weighted by atomic mass is 10.0. The van der Waals surface area contributed by atoms with E-state index in [9.17, 15) is 0 Å². The lowest BCUT2D eigenvalue weighted by Gasteiger charge is -2.38. The first kappa shape index (κ1) is 26.8. The topological polar surface area (TPSA) is 78.5 Å². The Bertz CT molecular complexity index is 1210. The number of methoxy groups -OCH3 is 1. The van der Waals surface area contributed by atoms with Crippen molar-refractivity contribution in [1.82, 2.24) is 24.4 Å². The third-order valence-corrected chi connectivity index (χ3v) is 11.9. The Hall–Kier alpha value is -2.30. The van der Waals surface area contributed by atoms with Crippen LogP contribution in [0.25, 0.3) is 5.52 Å². The van der Waals surface area contributed by atoms with E-state index in [0.717, 1.165) is 22.7 Å². The van der Waals surface area contributed by atoms with Gasteiger partial charge in [-0.05, 0) is 57.8 Å². The maximum Gasteiger partial charge on any atom is 0.192 e. The summed E-state index contributed by atoms with van der Waals surface area (Å²) in [6.45, 7) is 17.7. The summed E-state index contributed by atoms with van der Waals surface area (Å²) in [6, 6.07) is 4.00. The van der Waals surface area contributed by atoms with Gasteiger partial charge in [-0.2, -0.15) is 10.2 Å². The van der Waals surface area contributed by atoms with Crippen LogP contribution in [0, 0.1) is 0 Å². The lowest BCUT2D eigenvalue weighted by molar-refractivity contribution is 0.111. The Morgan fingerprint density at radius 3 is 2.47 bits per heavy atom. The molecule has 3 aromatic heterocycles. The predicted molar refractivity (Wildman–Crippen MR) is 143 cm³/mol. The van der Waals surface area contributed by atoms with Crippen LogP contribution in [0.5, 0.6) is 0 Å². The smallest absolute Gasteiger partial charge is 0.192 e. The van der Waals surface area contributed by atoms with E-state index >= 15 is 4.39 Å². The fraction of sp³-hybridized carbons (Fsp3) is 0.654. The average Bonchev–Trinajstić information content (AvgIpc) is 3.44. The minimum absolute atomic E-state index is 0.00550. The van der Waals surface area contributed by atoms with Gasteiger partial charge in [0.05, 0.1) is 29.6 Å². The predicted octanol–water partition coefficient (Wildman–Crippen LogP) is 6.18. The summed E-state index contributed by atoms with van der Waals surface area (Å²) in [6.07, 6.45) is 3.23. The molecule has 198 valence electrons. The molecule has 3 aromatic rings. The highest BCUT2D eigenvalue weighted by Gasteiger charge is 2.45. The number of ether oxygens (including phenoxy) is 1. The van der Waals surface area contributed by atoms with Crippen LogP contribution in [0.15, 0.2) is 24.5 Å². The maximum atomic E-state index is 15.2. The van der Waals surface area contributed by atoms with Crippen LogP contribution >= 0.6 is 0 Å². The monoisotopic (exact) mass is 516 g/mol. The van der Waals surface area contributed by atoms with Crippen LogP contribution in [0.3, 0.4) is 0 Å². The first-order chi connectivity index (χ1) is 16.7. The van der Waals surface area contributed by atoms with Gasteiger partial charge in [0.2, 0.25) is 0 Å². The van der Waals surface area contributed by atoms with E-state index in [-0.39, 0.29) is 22.6 Å². The van der Waals surface area contributed by atoms with Crippen molar-refractivity contribution in [1.29, 1.82) is 0 Å². The third kappa shape index (κ3) is 5.35. The van der Waals surface area contributed by atoms with E-state index in [1.807, 2.05) is 23.0 Å². The van der Waals surface area contributed by atoms with Crippen molar-refractivity contribution >= 4 is 25.5 Å². The Morgan fingerprint density at radius 1 is 1.11 bits per heavy atom. The van der Waals surface area contributed by atoms with E-state index in [1.165, 1.54) is 0 Å². The normalized spacial score (nSPS) is 21.4. The second kappa shape index (κ2) is 9.53. The lowest BCUT2D eigenvalue weighted by Crippen LogP contribution is -2.45. The number of aromatic nitrogens is 5. The first-order valence-corrected chi connectivity index (χ1v) is 15.6. The number of hydrogen-bond donors (Lipinski definition) is 1. The number of halogens is 1.